The van der Waals surface area contributed by atoms with Crippen LogP contribution >= 0.6 is 0 Å². The summed E-state index contributed by atoms with van der Waals surface area (Å²) in [6.07, 6.45) is 3.53. The normalized spacial score (nSPS) is 10.5. The van der Waals surface area contributed by atoms with E-state index in [-0.39, 0.29) is 5.56 Å². The molecule has 0 fully saturated rings. The van der Waals surface area contributed by atoms with Crippen molar-refractivity contribution in [3.05, 3.63) is 35.5 Å². The molecule has 2 aromatic rings. The van der Waals surface area contributed by atoms with Gasteiger partial charge in [-0.3, -0.25) is 0 Å². The number of hydrogen-bond acceptors (Lipinski definition) is 4. The van der Waals surface area contributed by atoms with Crippen molar-refractivity contribution in [1.29, 1.82) is 0 Å². The van der Waals surface area contributed by atoms with Crippen molar-refractivity contribution in [3.8, 4) is 5.82 Å². The van der Waals surface area contributed by atoms with Crippen LogP contribution in [0.3, 0.4) is 0 Å². The molecule has 2 aromatic heterocycles. The molecule has 6 heteroatoms. The van der Waals surface area contributed by atoms with Crippen LogP contribution in [0.25, 0.3) is 5.82 Å². The van der Waals surface area contributed by atoms with Crippen LogP contribution in [0.1, 0.15) is 28.8 Å². The Morgan fingerprint density at radius 2 is 2.24 bits per heavy atom. The molecule has 0 bridgehead atoms. The second kappa shape index (κ2) is 4.32. The first-order valence-electron chi connectivity index (χ1n) is 5.23. The topological polar surface area (TPSA) is 80.9 Å². The van der Waals surface area contributed by atoms with Crippen molar-refractivity contribution in [2.24, 2.45) is 0 Å². The van der Waals surface area contributed by atoms with E-state index in [2.05, 4.69) is 15.1 Å². The highest BCUT2D eigenvalue weighted by atomic mass is 16.4. The lowest BCUT2D eigenvalue weighted by Gasteiger charge is -2.03. The fraction of sp³-hybridized carbons (Fsp3) is 0.273. The Balaban J connectivity index is 2.44. The van der Waals surface area contributed by atoms with Crippen molar-refractivity contribution >= 4 is 5.97 Å². The monoisotopic (exact) mass is 232 g/mol. The van der Waals surface area contributed by atoms with Crippen LogP contribution in [0.5, 0.6) is 0 Å². The van der Waals surface area contributed by atoms with E-state index >= 15 is 0 Å². The standard InChI is InChI=1S/C11H12N4O2/c1-3-9-4-10(14-7(2)13-9)15-6-8(5-12-15)11(16)17/h4-6H,3H2,1-2H3,(H,16,17). The van der Waals surface area contributed by atoms with Crippen LogP contribution in [0, 0.1) is 6.92 Å². The zero-order chi connectivity index (χ0) is 12.4. The van der Waals surface area contributed by atoms with Gasteiger partial charge in [-0.2, -0.15) is 5.10 Å². The van der Waals surface area contributed by atoms with Gasteiger partial charge in [-0.05, 0) is 13.3 Å². The minimum Gasteiger partial charge on any atom is -0.478 e. The molecule has 6 nitrogen and oxygen atoms in total. The molecule has 0 radical (unpaired) electrons. The van der Waals surface area contributed by atoms with Crippen molar-refractivity contribution in [2.45, 2.75) is 20.3 Å². The Morgan fingerprint density at radius 1 is 1.47 bits per heavy atom. The van der Waals surface area contributed by atoms with Gasteiger partial charge in [-0.1, -0.05) is 6.92 Å². The number of aryl methyl sites for hydroxylation is 2. The van der Waals surface area contributed by atoms with Crippen molar-refractivity contribution in [1.82, 2.24) is 19.7 Å². The highest BCUT2D eigenvalue weighted by molar-refractivity contribution is 5.86. The van der Waals surface area contributed by atoms with E-state index in [1.807, 2.05) is 6.92 Å². The van der Waals surface area contributed by atoms with Gasteiger partial charge in [0.25, 0.3) is 0 Å². The van der Waals surface area contributed by atoms with Crippen molar-refractivity contribution in [3.63, 3.8) is 0 Å². The molecular weight excluding hydrogens is 220 g/mol. The Bertz CT molecular complexity index is 562. The SMILES string of the molecule is CCc1cc(-n2cc(C(=O)O)cn2)nc(C)n1. The van der Waals surface area contributed by atoms with E-state index < -0.39 is 5.97 Å². The van der Waals surface area contributed by atoms with E-state index in [0.717, 1.165) is 12.1 Å². The second-order valence-corrected chi connectivity index (χ2v) is 3.60. The number of aromatic carboxylic acids is 1. The van der Waals surface area contributed by atoms with Gasteiger partial charge in [-0.25, -0.2) is 19.4 Å². The van der Waals surface area contributed by atoms with E-state index in [4.69, 9.17) is 5.11 Å². The molecule has 17 heavy (non-hydrogen) atoms. The molecule has 88 valence electrons. The molecule has 2 rings (SSSR count). The number of nitrogens with zero attached hydrogens (tertiary/aromatic N) is 4. The summed E-state index contributed by atoms with van der Waals surface area (Å²) in [5, 5.41) is 12.8. The van der Waals surface area contributed by atoms with Gasteiger partial charge in [0.2, 0.25) is 0 Å². The van der Waals surface area contributed by atoms with Crippen LogP contribution in [0.4, 0.5) is 0 Å². The average molecular weight is 232 g/mol. The highest BCUT2D eigenvalue weighted by Gasteiger charge is 2.09. The van der Waals surface area contributed by atoms with Gasteiger partial charge in [0.15, 0.2) is 5.82 Å². The van der Waals surface area contributed by atoms with E-state index in [1.54, 1.807) is 13.0 Å². The molecule has 2 heterocycles. The van der Waals surface area contributed by atoms with Gasteiger partial charge < -0.3 is 5.11 Å². The van der Waals surface area contributed by atoms with Gasteiger partial charge in [0.05, 0.1) is 11.8 Å². The molecule has 0 aliphatic carbocycles. The Kier molecular flexibility index (Phi) is 2.86. The van der Waals surface area contributed by atoms with Crippen LogP contribution in [-0.4, -0.2) is 30.8 Å². The summed E-state index contributed by atoms with van der Waals surface area (Å²) in [4.78, 5) is 19.2. The van der Waals surface area contributed by atoms with Crippen LogP contribution in [-0.2, 0) is 6.42 Å². The number of hydrogen-bond donors (Lipinski definition) is 1. The number of carboxylic acids is 1. The predicted octanol–water partition coefficient (Wildman–Crippen LogP) is 1.23. The van der Waals surface area contributed by atoms with Crippen LogP contribution < -0.4 is 0 Å². The van der Waals surface area contributed by atoms with Crippen LogP contribution in [0.15, 0.2) is 18.5 Å². The van der Waals surface area contributed by atoms with Gasteiger partial charge >= 0.3 is 5.97 Å². The molecule has 0 amide bonds. The summed E-state index contributed by atoms with van der Waals surface area (Å²) in [5.74, 6) is 0.228. The lowest BCUT2D eigenvalue weighted by Crippen LogP contribution is -2.03. The summed E-state index contributed by atoms with van der Waals surface area (Å²) in [6, 6.07) is 1.80. The summed E-state index contributed by atoms with van der Waals surface area (Å²) >= 11 is 0. The number of carboxylic acid groups (broad SMARTS) is 1. The molecule has 0 aliphatic rings. The first-order chi connectivity index (χ1) is 8.10. The fourth-order valence-electron chi connectivity index (χ4n) is 1.47. The second-order valence-electron chi connectivity index (χ2n) is 3.60. The summed E-state index contributed by atoms with van der Waals surface area (Å²) < 4.78 is 1.44. The molecule has 0 unspecified atom stereocenters. The maximum Gasteiger partial charge on any atom is 0.338 e. The molecular formula is C11H12N4O2. The van der Waals surface area contributed by atoms with Gasteiger partial charge in [-0.15, -0.1) is 0 Å². The predicted molar refractivity (Wildman–Crippen MR) is 60.2 cm³/mol. The smallest absolute Gasteiger partial charge is 0.338 e. The third-order valence-electron chi connectivity index (χ3n) is 2.30. The summed E-state index contributed by atoms with van der Waals surface area (Å²) in [6.45, 7) is 3.79. The third-order valence-corrected chi connectivity index (χ3v) is 2.30. The Labute approximate surface area is 98.0 Å². The quantitative estimate of drug-likeness (QED) is 0.860. The number of aromatic nitrogens is 4. The maximum atomic E-state index is 10.7. The lowest BCUT2D eigenvalue weighted by atomic mass is 10.3. The zero-order valence-electron chi connectivity index (χ0n) is 9.58. The first-order valence-corrected chi connectivity index (χ1v) is 5.23. The van der Waals surface area contributed by atoms with E-state index in [9.17, 15) is 4.79 Å². The van der Waals surface area contributed by atoms with E-state index in [1.165, 1.54) is 17.1 Å². The van der Waals surface area contributed by atoms with Gasteiger partial charge in [0.1, 0.15) is 5.82 Å². The maximum absolute atomic E-state index is 10.7. The Morgan fingerprint density at radius 3 is 2.82 bits per heavy atom. The molecule has 0 spiro atoms. The highest BCUT2D eigenvalue weighted by Crippen LogP contribution is 2.08. The molecule has 0 atom stereocenters. The first kappa shape index (κ1) is 11.3. The van der Waals surface area contributed by atoms with Crippen LogP contribution in [0.2, 0.25) is 0 Å². The fourth-order valence-corrected chi connectivity index (χ4v) is 1.47. The van der Waals surface area contributed by atoms with Crippen molar-refractivity contribution < 1.29 is 9.90 Å². The van der Waals surface area contributed by atoms with Crippen molar-refractivity contribution in [2.75, 3.05) is 0 Å². The molecule has 0 aromatic carbocycles. The summed E-state index contributed by atoms with van der Waals surface area (Å²) in [5.41, 5.74) is 1.04. The number of carbonyl (C=O) groups is 1. The Hall–Kier alpha value is -2.24. The average Bonchev–Trinajstić information content (AvgIpc) is 2.77. The molecule has 0 saturated heterocycles. The molecule has 1 N–H and O–H groups in total. The summed E-state index contributed by atoms with van der Waals surface area (Å²) in [7, 11) is 0. The van der Waals surface area contributed by atoms with E-state index in [0.29, 0.717) is 11.6 Å². The largest absolute Gasteiger partial charge is 0.478 e. The molecule has 0 saturated carbocycles. The lowest BCUT2D eigenvalue weighted by molar-refractivity contribution is 0.0697. The zero-order valence-corrected chi connectivity index (χ0v) is 9.58. The minimum atomic E-state index is -1.00. The van der Waals surface area contributed by atoms with Gasteiger partial charge in [0, 0.05) is 18.0 Å². The third kappa shape index (κ3) is 2.30. The number of rotatable bonds is 3. The minimum absolute atomic E-state index is 0.138. The molecule has 0 aliphatic heterocycles.